The number of aliphatic hydroxyl groups is 1. The first kappa shape index (κ1) is 14.1. The molecule has 0 unspecified atom stereocenters. The minimum absolute atomic E-state index is 0.0133. The zero-order valence-corrected chi connectivity index (χ0v) is 11.1. The van der Waals surface area contributed by atoms with Crippen molar-refractivity contribution in [3.63, 3.8) is 0 Å². The SMILES string of the molecule is COC(O)(OC)c1ccccc1-c1nc(N)nc(N)n1. The summed E-state index contributed by atoms with van der Waals surface area (Å²) in [5.74, 6) is -1.73. The van der Waals surface area contributed by atoms with Crippen LogP contribution in [0.2, 0.25) is 0 Å². The van der Waals surface area contributed by atoms with Crippen LogP contribution in [0.4, 0.5) is 11.9 Å². The van der Waals surface area contributed by atoms with Crippen molar-refractivity contribution in [2.75, 3.05) is 25.7 Å². The van der Waals surface area contributed by atoms with Gasteiger partial charge >= 0.3 is 5.97 Å². The van der Waals surface area contributed by atoms with Gasteiger partial charge in [-0.1, -0.05) is 24.3 Å². The number of hydrogen-bond acceptors (Lipinski definition) is 8. The lowest BCUT2D eigenvalue weighted by molar-refractivity contribution is -0.351. The molecular weight excluding hydrogens is 262 g/mol. The number of hydrogen-bond donors (Lipinski definition) is 3. The topological polar surface area (TPSA) is 129 Å². The van der Waals surface area contributed by atoms with Gasteiger partial charge in [0.25, 0.3) is 0 Å². The Labute approximate surface area is 115 Å². The Kier molecular flexibility index (Phi) is 3.79. The molecule has 0 bridgehead atoms. The van der Waals surface area contributed by atoms with E-state index in [1.165, 1.54) is 14.2 Å². The van der Waals surface area contributed by atoms with Crippen molar-refractivity contribution < 1.29 is 14.6 Å². The fourth-order valence-corrected chi connectivity index (χ4v) is 1.79. The van der Waals surface area contributed by atoms with Crippen molar-refractivity contribution in [1.82, 2.24) is 15.0 Å². The molecule has 20 heavy (non-hydrogen) atoms. The molecule has 0 saturated heterocycles. The molecule has 0 aliphatic rings. The first-order valence-corrected chi connectivity index (χ1v) is 5.69. The van der Waals surface area contributed by atoms with Gasteiger partial charge in [0, 0.05) is 19.8 Å². The zero-order chi connectivity index (χ0) is 14.8. The molecule has 1 aromatic heterocycles. The van der Waals surface area contributed by atoms with E-state index in [1.54, 1.807) is 24.3 Å². The Morgan fingerprint density at radius 1 is 1.00 bits per heavy atom. The summed E-state index contributed by atoms with van der Waals surface area (Å²) >= 11 is 0. The molecule has 0 saturated carbocycles. The molecule has 0 fully saturated rings. The van der Waals surface area contributed by atoms with Crippen molar-refractivity contribution in [3.8, 4) is 11.4 Å². The van der Waals surface area contributed by atoms with Crippen LogP contribution in [0.1, 0.15) is 5.56 Å². The molecule has 5 N–H and O–H groups in total. The van der Waals surface area contributed by atoms with Crippen molar-refractivity contribution in [3.05, 3.63) is 29.8 Å². The van der Waals surface area contributed by atoms with E-state index in [-0.39, 0.29) is 17.7 Å². The zero-order valence-electron chi connectivity index (χ0n) is 11.1. The van der Waals surface area contributed by atoms with Crippen LogP contribution in [-0.4, -0.2) is 34.3 Å². The van der Waals surface area contributed by atoms with Crippen molar-refractivity contribution >= 4 is 11.9 Å². The lowest BCUT2D eigenvalue weighted by Gasteiger charge is -2.26. The van der Waals surface area contributed by atoms with Gasteiger partial charge in [0.05, 0.1) is 5.56 Å². The Hall–Kier alpha value is -2.29. The molecular formula is C12H15N5O3. The van der Waals surface area contributed by atoms with Crippen LogP contribution in [0, 0.1) is 0 Å². The smallest absolute Gasteiger partial charge is 0.309 e. The van der Waals surface area contributed by atoms with Gasteiger partial charge in [-0.25, -0.2) is 0 Å². The van der Waals surface area contributed by atoms with Crippen LogP contribution >= 0.6 is 0 Å². The van der Waals surface area contributed by atoms with Crippen LogP contribution in [0.15, 0.2) is 24.3 Å². The summed E-state index contributed by atoms with van der Waals surface area (Å²) in [5, 5.41) is 10.3. The van der Waals surface area contributed by atoms with E-state index in [0.29, 0.717) is 11.1 Å². The molecule has 106 valence electrons. The first-order valence-electron chi connectivity index (χ1n) is 5.69. The Bertz CT molecular complexity index is 596. The van der Waals surface area contributed by atoms with E-state index in [9.17, 15) is 5.11 Å². The second-order valence-electron chi connectivity index (χ2n) is 3.91. The van der Waals surface area contributed by atoms with Gasteiger partial charge in [-0.05, 0) is 0 Å². The molecule has 0 amide bonds. The normalized spacial score (nSPS) is 11.6. The molecule has 1 heterocycles. The molecule has 0 aliphatic heterocycles. The number of benzene rings is 1. The lowest BCUT2D eigenvalue weighted by Crippen LogP contribution is -2.31. The van der Waals surface area contributed by atoms with Gasteiger partial charge in [0.15, 0.2) is 5.82 Å². The van der Waals surface area contributed by atoms with E-state index >= 15 is 0 Å². The maximum absolute atomic E-state index is 10.3. The van der Waals surface area contributed by atoms with Crippen LogP contribution in [0.25, 0.3) is 11.4 Å². The highest BCUT2D eigenvalue weighted by Gasteiger charge is 2.32. The van der Waals surface area contributed by atoms with Gasteiger partial charge in [0.2, 0.25) is 11.9 Å². The van der Waals surface area contributed by atoms with Crippen LogP contribution in [-0.2, 0) is 15.4 Å². The third-order valence-electron chi connectivity index (χ3n) is 2.73. The molecule has 8 heteroatoms. The summed E-state index contributed by atoms with van der Waals surface area (Å²) < 4.78 is 9.99. The van der Waals surface area contributed by atoms with E-state index in [2.05, 4.69) is 15.0 Å². The predicted octanol–water partition coefficient (Wildman–Crippen LogP) is 0.0984. The first-order chi connectivity index (χ1) is 9.50. The highest BCUT2D eigenvalue weighted by Crippen LogP contribution is 2.31. The number of methoxy groups -OCH3 is 2. The second-order valence-corrected chi connectivity index (χ2v) is 3.91. The van der Waals surface area contributed by atoms with Gasteiger partial charge < -0.3 is 26.0 Å². The van der Waals surface area contributed by atoms with Crippen LogP contribution < -0.4 is 11.5 Å². The van der Waals surface area contributed by atoms with Crippen molar-refractivity contribution in [2.45, 2.75) is 5.97 Å². The fourth-order valence-electron chi connectivity index (χ4n) is 1.79. The van der Waals surface area contributed by atoms with Gasteiger partial charge in [-0.3, -0.25) is 0 Å². The van der Waals surface area contributed by atoms with Gasteiger partial charge in [-0.2, -0.15) is 15.0 Å². The molecule has 0 aliphatic carbocycles. The summed E-state index contributed by atoms with van der Waals surface area (Å²) in [7, 11) is 2.63. The summed E-state index contributed by atoms with van der Waals surface area (Å²) in [5.41, 5.74) is 11.9. The highest BCUT2D eigenvalue weighted by molar-refractivity contribution is 5.62. The number of ether oxygens (including phenoxy) is 2. The van der Waals surface area contributed by atoms with E-state index < -0.39 is 5.97 Å². The Balaban J connectivity index is 2.63. The lowest BCUT2D eigenvalue weighted by atomic mass is 10.0. The summed E-state index contributed by atoms with van der Waals surface area (Å²) in [6.07, 6.45) is 0. The number of nitrogens with two attached hydrogens (primary N) is 2. The van der Waals surface area contributed by atoms with Crippen LogP contribution in [0.5, 0.6) is 0 Å². The number of nitrogen functional groups attached to an aromatic ring is 2. The van der Waals surface area contributed by atoms with Crippen molar-refractivity contribution in [2.24, 2.45) is 0 Å². The minimum atomic E-state index is -1.92. The quantitative estimate of drug-likeness (QED) is 0.671. The molecule has 0 atom stereocenters. The maximum atomic E-state index is 10.3. The minimum Gasteiger partial charge on any atom is -0.368 e. The molecule has 0 radical (unpaired) electrons. The number of nitrogens with zero attached hydrogens (tertiary/aromatic N) is 3. The van der Waals surface area contributed by atoms with Gasteiger partial charge in [0.1, 0.15) is 0 Å². The third kappa shape index (κ3) is 2.52. The Morgan fingerprint density at radius 2 is 1.55 bits per heavy atom. The predicted molar refractivity (Wildman–Crippen MR) is 72.0 cm³/mol. The third-order valence-corrected chi connectivity index (χ3v) is 2.73. The average Bonchev–Trinajstić information content (AvgIpc) is 2.45. The van der Waals surface area contributed by atoms with Crippen LogP contribution in [0.3, 0.4) is 0 Å². The van der Waals surface area contributed by atoms with Gasteiger partial charge in [-0.15, -0.1) is 0 Å². The second kappa shape index (κ2) is 5.37. The number of anilines is 2. The summed E-state index contributed by atoms with van der Waals surface area (Å²) in [4.78, 5) is 11.7. The molecule has 1 aromatic carbocycles. The summed E-state index contributed by atoms with van der Waals surface area (Å²) in [6, 6.07) is 6.78. The molecule has 2 rings (SSSR count). The monoisotopic (exact) mass is 277 g/mol. The molecule has 2 aromatic rings. The maximum Gasteiger partial charge on any atom is 0.309 e. The van der Waals surface area contributed by atoms with E-state index in [4.69, 9.17) is 20.9 Å². The van der Waals surface area contributed by atoms with E-state index in [0.717, 1.165) is 0 Å². The molecule has 0 spiro atoms. The highest BCUT2D eigenvalue weighted by atomic mass is 16.8. The average molecular weight is 277 g/mol. The van der Waals surface area contributed by atoms with E-state index in [1.807, 2.05) is 0 Å². The fraction of sp³-hybridized carbons (Fsp3) is 0.250. The number of rotatable bonds is 4. The molecule has 8 nitrogen and oxygen atoms in total. The van der Waals surface area contributed by atoms with Crippen molar-refractivity contribution in [1.29, 1.82) is 0 Å². The largest absolute Gasteiger partial charge is 0.368 e. The number of aromatic nitrogens is 3. The Morgan fingerprint density at radius 3 is 2.10 bits per heavy atom. The summed E-state index contributed by atoms with van der Waals surface area (Å²) in [6.45, 7) is 0. The standard InChI is InChI=1S/C12H15N5O3/c1-19-12(18,20-2)8-6-4-3-5-7(8)9-15-10(13)17-11(14)16-9/h3-6,18H,1-2H3,(H4,13,14,15,16,17).